The fraction of sp³-hybridized carbons (Fsp3) is 0. The molecular weight excluding hydrogens is 1300 g/mol. The van der Waals surface area contributed by atoms with Crippen molar-refractivity contribution in [2.24, 2.45) is 0 Å². The topological polar surface area (TPSA) is 177 Å². The zero-order valence-corrected chi connectivity index (χ0v) is 56.5. The van der Waals surface area contributed by atoms with Crippen LogP contribution < -0.4 is 31.9 Å². The molecule has 15 heteroatoms. The lowest BCUT2D eigenvalue weighted by atomic mass is 10.0. The third kappa shape index (κ3) is 14.2. The number of anilines is 9. The van der Waals surface area contributed by atoms with Gasteiger partial charge in [0, 0.05) is 67.5 Å². The van der Waals surface area contributed by atoms with Crippen molar-refractivity contribution in [3.05, 3.63) is 381 Å². The minimum atomic E-state index is -0.502. The second kappa shape index (κ2) is 29.6. The Balaban J connectivity index is 0.000000161. The molecule has 0 radical (unpaired) electrons. The third-order valence-electron chi connectivity index (χ3n) is 17.8. The van der Waals surface area contributed by atoms with Crippen molar-refractivity contribution >= 4 is 102 Å². The van der Waals surface area contributed by atoms with E-state index >= 15 is 0 Å². The van der Waals surface area contributed by atoms with E-state index in [4.69, 9.17) is 15.0 Å². The van der Waals surface area contributed by atoms with Crippen LogP contribution in [-0.2, 0) is 0 Å². The summed E-state index contributed by atoms with van der Waals surface area (Å²) >= 11 is 0. The molecule has 504 valence electrons. The first-order valence-corrected chi connectivity index (χ1v) is 34.4. The summed E-state index contributed by atoms with van der Waals surface area (Å²) in [6.45, 7) is 0. The van der Waals surface area contributed by atoms with Gasteiger partial charge in [-0.05, 0) is 182 Å². The predicted octanol–water partition coefficient (Wildman–Crippen LogP) is 21.4. The second-order valence-electron chi connectivity index (χ2n) is 24.9. The van der Waals surface area contributed by atoms with Gasteiger partial charge in [0.15, 0.2) is 0 Å². The molecule has 14 aromatic carbocycles. The Labute approximate surface area is 605 Å². The first kappa shape index (κ1) is 64.9. The summed E-state index contributed by atoms with van der Waals surface area (Å²) in [6, 6.07) is 118. The van der Waals surface area contributed by atoms with Gasteiger partial charge >= 0.3 is 0 Å². The average molecular weight is 1360 g/mol. The van der Waals surface area contributed by atoms with E-state index < -0.39 is 17.7 Å². The molecule has 0 aliphatic rings. The number of carbonyl (C=O) groups excluding carboxylic acids is 3. The Kier molecular flexibility index (Phi) is 18.3. The second-order valence-corrected chi connectivity index (χ2v) is 24.9. The Bertz CT molecular complexity index is 5380. The van der Waals surface area contributed by atoms with Gasteiger partial charge in [0.2, 0.25) is 0 Å². The molecule has 17 rings (SSSR count). The van der Waals surface area contributed by atoms with Gasteiger partial charge in [-0.2, -0.15) is 0 Å². The smallest absolute Gasteiger partial charge is 0.255 e. The van der Waals surface area contributed by atoms with E-state index in [2.05, 4.69) is 191 Å². The maximum absolute atomic E-state index is 14.0. The normalized spacial score (nSPS) is 11.0. The van der Waals surface area contributed by atoms with Crippen LogP contribution in [0.25, 0.3) is 84.3 Å². The Morgan fingerprint density at radius 3 is 0.714 bits per heavy atom. The van der Waals surface area contributed by atoms with E-state index in [1.807, 2.05) is 182 Å². The van der Waals surface area contributed by atoms with Crippen molar-refractivity contribution in [1.29, 1.82) is 0 Å². The van der Waals surface area contributed by atoms with Gasteiger partial charge in [-0.25, -0.2) is 15.0 Å². The van der Waals surface area contributed by atoms with E-state index in [0.29, 0.717) is 34.1 Å². The van der Waals surface area contributed by atoms with Crippen molar-refractivity contribution in [1.82, 2.24) is 28.7 Å². The van der Waals surface area contributed by atoms with Crippen molar-refractivity contribution in [2.75, 3.05) is 31.9 Å². The lowest BCUT2D eigenvalue weighted by Gasteiger charge is -2.16. The number of hydrogen-bond donors (Lipinski definition) is 6. The minimum Gasteiger partial charge on any atom is -0.354 e. The highest BCUT2D eigenvalue weighted by Crippen LogP contribution is 2.40. The summed E-state index contributed by atoms with van der Waals surface area (Å²) in [6.07, 6.45) is 0. The molecule has 0 unspecified atom stereocenters. The van der Waals surface area contributed by atoms with Gasteiger partial charge in [0.05, 0.1) is 67.2 Å². The summed E-state index contributed by atoms with van der Waals surface area (Å²) in [4.78, 5) is 57.8. The number of aromatic nitrogens is 6. The average Bonchev–Trinajstić information content (AvgIpc) is 1.61. The van der Waals surface area contributed by atoms with E-state index in [1.165, 1.54) is 18.2 Å². The number of carbonyl (C=O) groups is 3. The summed E-state index contributed by atoms with van der Waals surface area (Å²) < 4.78 is 6.75. The quantitative estimate of drug-likeness (QED) is 0.0488. The first-order valence-electron chi connectivity index (χ1n) is 34.4. The molecule has 3 amide bonds. The molecule has 3 heterocycles. The Morgan fingerprint density at radius 2 is 0.448 bits per heavy atom. The number of benzene rings is 14. The largest absolute Gasteiger partial charge is 0.354 e. The maximum Gasteiger partial charge on any atom is 0.255 e. The highest BCUT2D eigenvalue weighted by Gasteiger charge is 2.25. The molecule has 0 saturated carbocycles. The highest BCUT2D eigenvalue weighted by atomic mass is 16.2. The number of amides is 3. The molecule has 0 aliphatic heterocycles. The summed E-state index contributed by atoms with van der Waals surface area (Å²) in [7, 11) is 0. The zero-order chi connectivity index (χ0) is 70.8. The van der Waals surface area contributed by atoms with Gasteiger partial charge in [-0.1, -0.05) is 182 Å². The fourth-order valence-corrected chi connectivity index (χ4v) is 12.9. The number of hydrogen-bond acceptors (Lipinski definition) is 9. The summed E-state index contributed by atoms with van der Waals surface area (Å²) in [5, 5.41) is 18.9. The van der Waals surface area contributed by atoms with Crippen molar-refractivity contribution in [2.45, 2.75) is 0 Å². The molecule has 0 saturated heterocycles. The van der Waals surface area contributed by atoms with Gasteiger partial charge in [-0.3, -0.25) is 28.1 Å². The van der Waals surface area contributed by atoms with Gasteiger partial charge < -0.3 is 31.9 Å². The number of fused-ring (bicyclic) bond motifs is 3. The van der Waals surface area contributed by atoms with E-state index in [0.717, 1.165) is 101 Å². The monoisotopic (exact) mass is 1360 g/mol. The number of nitrogens with one attached hydrogen (secondary N) is 6. The molecule has 0 fully saturated rings. The molecule has 3 aromatic heterocycles. The van der Waals surface area contributed by atoms with Crippen molar-refractivity contribution < 1.29 is 14.4 Å². The van der Waals surface area contributed by atoms with Crippen LogP contribution in [-0.4, -0.2) is 46.4 Å². The van der Waals surface area contributed by atoms with Gasteiger partial charge in [0.1, 0.15) is 17.5 Å². The van der Waals surface area contributed by atoms with Crippen LogP contribution in [0.2, 0.25) is 0 Å². The van der Waals surface area contributed by atoms with E-state index in [1.54, 1.807) is 18.2 Å². The highest BCUT2D eigenvalue weighted by molar-refractivity contribution is 6.14. The molecule has 15 nitrogen and oxygen atoms in total. The van der Waals surface area contributed by atoms with Crippen LogP contribution in [0.15, 0.2) is 364 Å². The number of imidazole rings is 3. The fourth-order valence-electron chi connectivity index (χ4n) is 12.9. The van der Waals surface area contributed by atoms with Crippen LogP contribution in [0.5, 0.6) is 0 Å². The molecule has 0 atom stereocenters. The third-order valence-corrected chi connectivity index (χ3v) is 17.8. The standard InChI is InChI=1S/C45H36N6O3.C45H30N6/c52-43(49-40-25-13-10-22-37(40)46-34-16-4-1-5-17-34)31-28-32(44(53)50-41-26-14-11-23-38(41)47-35-18-6-2-7-19-35)30-33(29-31)45(54)51-42-27-15-12-24-39(42)48-36-20-8-3-9-21-36;1-4-16-34(17-5-1)49-40-25-13-10-22-37(40)46-43(49)31-28-32(44-47-38-23-11-14-26-41(38)50(44)35-18-6-2-7-19-35)30-33(29-31)45-48-39-24-12-15-27-42(39)51(45)36-20-8-3-9-21-36/h1-30,46-48H,(H,49,52)(H,50,53)(H,51,54);1-30H. The van der Waals surface area contributed by atoms with Crippen LogP contribution in [0.1, 0.15) is 31.1 Å². The summed E-state index contributed by atoms with van der Waals surface area (Å²) in [5.41, 5.74) is 18.4. The number of nitrogens with zero attached hydrogens (tertiary/aromatic N) is 6. The SMILES string of the molecule is O=C(Nc1ccccc1Nc1ccccc1)c1cc(C(=O)Nc2ccccc2Nc2ccccc2)cc(C(=O)Nc2ccccc2Nc2ccccc2)c1.c1ccc(-n2c(-c3cc(-c4nc5ccccc5n4-c4ccccc4)cc(-c4nc5ccccc5n4-c4ccccc4)c3)nc3ccccc32)cc1. The Hall–Kier alpha value is -14.7. The minimum absolute atomic E-state index is 0.119. The van der Waals surface area contributed by atoms with Crippen LogP contribution in [0, 0.1) is 0 Å². The van der Waals surface area contributed by atoms with Crippen molar-refractivity contribution in [3.63, 3.8) is 0 Å². The molecule has 105 heavy (non-hydrogen) atoms. The molecule has 17 aromatic rings. The van der Waals surface area contributed by atoms with Crippen LogP contribution >= 0.6 is 0 Å². The molecule has 0 spiro atoms. The van der Waals surface area contributed by atoms with Gasteiger partial charge in [-0.15, -0.1) is 0 Å². The van der Waals surface area contributed by atoms with Crippen molar-refractivity contribution in [3.8, 4) is 51.2 Å². The lowest BCUT2D eigenvalue weighted by molar-refractivity contribution is 0.102. The molecule has 0 bridgehead atoms. The van der Waals surface area contributed by atoms with E-state index in [-0.39, 0.29) is 16.7 Å². The maximum atomic E-state index is 14.0. The first-order chi connectivity index (χ1) is 51.8. The van der Waals surface area contributed by atoms with Gasteiger partial charge in [0.25, 0.3) is 17.7 Å². The summed E-state index contributed by atoms with van der Waals surface area (Å²) in [5.74, 6) is 1.02. The van der Waals surface area contributed by atoms with Crippen LogP contribution in [0.4, 0.5) is 51.2 Å². The molecule has 6 N–H and O–H groups in total. The van der Waals surface area contributed by atoms with E-state index in [9.17, 15) is 14.4 Å². The number of rotatable bonds is 18. The Morgan fingerprint density at radius 1 is 0.229 bits per heavy atom. The molecule has 0 aliphatic carbocycles. The molecular formula is C90H66N12O3. The van der Waals surface area contributed by atoms with Crippen LogP contribution in [0.3, 0.4) is 0 Å². The lowest BCUT2D eigenvalue weighted by Crippen LogP contribution is -2.20. The predicted molar refractivity (Wildman–Crippen MR) is 425 cm³/mol. The number of para-hydroxylation sites is 18. The zero-order valence-electron chi connectivity index (χ0n) is 56.5.